The third-order valence-corrected chi connectivity index (χ3v) is 6.81. The number of aromatic nitrogens is 2. The SMILES string of the molecule is c1ccc2c(c1)c1ccc3ccc4c5ccccc5n5c6ccccc6n2c1c3c45. The Balaban J connectivity index is 1.95. The van der Waals surface area contributed by atoms with Crippen LogP contribution in [0.2, 0.25) is 0 Å². The minimum Gasteiger partial charge on any atom is -0.306 e. The number of benzene rings is 5. The summed E-state index contributed by atoms with van der Waals surface area (Å²) in [6.45, 7) is 0. The first kappa shape index (κ1) is 14.9. The van der Waals surface area contributed by atoms with E-state index in [0.29, 0.717) is 0 Å². The van der Waals surface area contributed by atoms with Gasteiger partial charge in [0.1, 0.15) is 0 Å². The van der Waals surface area contributed by atoms with E-state index in [1.807, 2.05) is 0 Å². The van der Waals surface area contributed by atoms with Gasteiger partial charge in [0.15, 0.2) is 0 Å². The Kier molecular flexibility index (Phi) is 2.44. The van der Waals surface area contributed by atoms with Gasteiger partial charge in [-0.05, 0) is 29.7 Å². The lowest BCUT2D eigenvalue weighted by atomic mass is 10.0. The monoisotopic (exact) mass is 380 g/mol. The van der Waals surface area contributed by atoms with Crippen LogP contribution in [-0.4, -0.2) is 8.80 Å². The molecule has 0 aliphatic rings. The Morgan fingerprint density at radius 3 is 1.30 bits per heavy atom. The van der Waals surface area contributed by atoms with Crippen LogP contribution in [0.25, 0.3) is 65.4 Å². The van der Waals surface area contributed by atoms with Crippen molar-refractivity contribution in [1.82, 2.24) is 8.80 Å². The molecular weight excluding hydrogens is 364 g/mol. The van der Waals surface area contributed by atoms with Crippen molar-refractivity contribution < 1.29 is 0 Å². The summed E-state index contributed by atoms with van der Waals surface area (Å²) in [6, 6.07) is 35.5. The Bertz CT molecular complexity index is 1810. The van der Waals surface area contributed by atoms with E-state index in [0.717, 1.165) is 0 Å². The zero-order valence-corrected chi connectivity index (χ0v) is 16.1. The molecule has 0 radical (unpaired) electrons. The standard InChI is InChI=1S/C28H16N2/c1-3-9-22-18(7-1)20-15-13-17-14-16-21-19-8-2-4-10-23(19)30-25-12-6-5-11-24(25)29(22)27(20)26(17)28(21)30/h1-16H. The van der Waals surface area contributed by atoms with Gasteiger partial charge in [0.05, 0.1) is 33.1 Å². The van der Waals surface area contributed by atoms with E-state index in [9.17, 15) is 0 Å². The van der Waals surface area contributed by atoms with Crippen molar-refractivity contribution in [2.24, 2.45) is 0 Å². The highest BCUT2D eigenvalue weighted by atomic mass is 15.0. The van der Waals surface area contributed by atoms with E-state index in [2.05, 4.69) is 106 Å². The molecule has 0 unspecified atom stereocenters. The molecule has 0 spiro atoms. The van der Waals surface area contributed by atoms with Gasteiger partial charge in [-0.3, -0.25) is 0 Å². The average Bonchev–Trinajstić information content (AvgIpc) is 3.27. The molecule has 0 bridgehead atoms. The molecule has 0 amide bonds. The molecule has 138 valence electrons. The molecular formula is C28H16N2. The van der Waals surface area contributed by atoms with Crippen LogP contribution in [0.15, 0.2) is 97.1 Å². The number of nitrogens with zero attached hydrogens (tertiary/aromatic N) is 2. The van der Waals surface area contributed by atoms with E-state index in [4.69, 9.17) is 0 Å². The van der Waals surface area contributed by atoms with Crippen LogP contribution in [0.5, 0.6) is 0 Å². The molecule has 8 aromatic rings. The molecule has 5 aromatic carbocycles. The lowest BCUT2D eigenvalue weighted by molar-refractivity contribution is 1.31. The summed E-state index contributed by atoms with van der Waals surface area (Å²) in [7, 11) is 0. The molecule has 0 atom stereocenters. The fourth-order valence-electron chi connectivity index (χ4n) is 5.66. The molecule has 2 nitrogen and oxygen atoms in total. The Hall–Kier alpha value is -4.04. The fraction of sp³-hybridized carbons (Fsp3) is 0. The van der Waals surface area contributed by atoms with Crippen LogP contribution in [0.1, 0.15) is 0 Å². The van der Waals surface area contributed by atoms with Crippen LogP contribution in [0.4, 0.5) is 0 Å². The van der Waals surface area contributed by atoms with Crippen molar-refractivity contribution in [1.29, 1.82) is 0 Å². The van der Waals surface area contributed by atoms with Crippen molar-refractivity contribution >= 4 is 65.4 Å². The molecule has 0 fully saturated rings. The lowest BCUT2D eigenvalue weighted by Crippen LogP contribution is -1.87. The van der Waals surface area contributed by atoms with Gasteiger partial charge in [-0.15, -0.1) is 0 Å². The van der Waals surface area contributed by atoms with Crippen LogP contribution in [0.3, 0.4) is 0 Å². The summed E-state index contributed by atoms with van der Waals surface area (Å²) in [5.41, 5.74) is 7.62. The molecule has 3 heterocycles. The summed E-state index contributed by atoms with van der Waals surface area (Å²) in [4.78, 5) is 0. The molecule has 30 heavy (non-hydrogen) atoms. The van der Waals surface area contributed by atoms with E-state index in [1.54, 1.807) is 0 Å². The van der Waals surface area contributed by atoms with Crippen LogP contribution in [-0.2, 0) is 0 Å². The Labute approximate surface area is 171 Å². The van der Waals surface area contributed by atoms with Crippen molar-refractivity contribution in [3.8, 4) is 0 Å². The predicted octanol–water partition coefficient (Wildman–Crippen LogP) is 7.40. The highest BCUT2D eigenvalue weighted by Crippen LogP contribution is 2.42. The minimum atomic E-state index is 1.23. The smallest absolute Gasteiger partial charge is 0.0703 e. The minimum absolute atomic E-state index is 1.23. The van der Waals surface area contributed by atoms with E-state index in [-0.39, 0.29) is 0 Å². The second-order valence-electron chi connectivity index (χ2n) is 8.22. The number of hydrogen-bond acceptors (Lipinski definition) is 0. The van der Waals surface area contributed by atoms with Gasteiger partial charge in [-0.1, -0.05) is 72.8 Å². The van der Waals surface area contributed by atoms with Crippen molar-refractivity contribution in [2.45, 2.75) is 0 Å². The summed E-state index contributed by atoms with van der Waals surface area (Å²) in [5, 5.41) is 7.89. The van der Waals surface area contributed by atoms with Crippen LogP contribution >= 0.6 is 0 Å². The summed E-state index contributed by atoms with van der Waals surface area (Å²) >= 11 is 0. The third kappa shape index (κ3) is 1.53. The first-order chi connectivity index (χ1) is 14.9. The third-order valence-electron chi connectivity index (χ3n) is 6.81. The summed E-state index contributed by atoms with van der Waals surface area (Å²) in [6.07, 6.45) is 0. The molecule has 0 aliphatic carbocycles. The second kappa shape index (κ2) is 4.92. The van der Waals surface area contributed by atoms with Crippen LogP contribution < -0.4 is 0 Å². The molecule has 0 saturated heterocycles. The predicted molar refractivity (Wildman–Crippen MR) is 127 cm³/mol. The van der Waals surface area contributed by atoms with E-state index < -0.39 is 0 Å². The maximum Gasteiger partial charge on any atom is 0.0703 e. The quantitative estimate of drug-likeness (QED) is 0.259. The fourth-order valence-corrected chi connectivity index (χ4v) is 5.66. The first-order valence-corrected chi connectivity index (χ1v) is 10.4. The number of hydrogen-bond donors (Lipinski definition) is 0. The maximum atomic E-state index is 2.48. The van der Waals surface area contributed by atoms with Gasteiger partial charge in [-0.25, -0.2) is 0 Å². The second-order valence-corrected chi connectivity index (χ2v) is 8.22. The Morgan fingerprint density at radius 2 is 0.800 bits per heavy atom. The van der Waals surface area contributed by atoms with E-state index in [1.165, 1.54) is 65.4 Å². The van der Waals surface area contributed by atoms with Gasteiger partial charge in [0.25, 0.3) is 0 Å². The van der Waals surface area contributed by atoms with Gasteiger partial charge in [0.2, 0.25) is 0 Å². The van der Waals surface area contributed by atoms with Gasteiger partial charge < -0.3 is 8.80 Å². The van der Waals surface area contributed by atoms with Crippen LogP contribution in [0, 0.1) is 0 Å². The zero-order valence-electron chi connectivity index (χ0n) is 16.1. The summed E-state index contributed by atoms with van der Waals surface area (Å²) < 4.78 is 4.95. The number of fused-ring (bicyclic) bond motifs is 9. The van der Waals surface area contributed by atoms with Crippen molar-refractivity contribution in [3.63, 3.8) is 0 Å². The lowest BCUT2D eigenvalue weighted by Gasteiger charge is -2.04. The molecule has 2 heteroatoms. The highest BCUT2D eigenvalue weighted by molar-refractivity contribution is 6.29. The van der Waals surface area contributed by atoms with Gasteiger partial charge >= 0.3 is 0 Å². The summed E-state index contributed by atoms with van der Waals surface area (Å²) in [5.74, 6) is 0. The van der Waals surface area contributed by atoms with Gasteiger partial charge in [-0.2, -0.15) is 0 Å². The number of rotatable bonds is 0. The number of para-hydroxylation sites is 4. The molecule has 0 aliphatic heterocycles. The normalized spacial score (nSPS) is 12.7. The van der Waals surface area contributed by atoms with Crippen molar-refractivity contribution in [3.05, 3.63) is 97.1 Å². The largest absolute Gasteiger partial charge is 0.306 e. The average molecular weight is 380 g/mol. The highest BCUT2D eigenvalue weighted by Gasteiger charge is 2.20. The molecule has 3 aromatic heterocycles. The van der Waals surface area contributed by atoms with Gasteiger partial charge in [0, 0.05) is 26.9 Å². The Morgan fingerprint density at radius 1 is 0.367 bits per heavy atom. The molecule has 0 saturated carbocycles. The topological polar surface area (TPSA) is 8.82 Å². The maximum absolute atomic E-state index is 2.48. The van der Waals surface area contributed by atoms with E-state index >= 15 is 0 Å². The molecule has 0 N–H and O–H groups in total. The molecule has 8 rings (SSSR count). The first-order valence-electron chi connectivity index (χ1n) is 10.4. The zero-order chi connectivity index (χ0) is 19.4. The van der Waals surface area contributed by atoms with Crippen molar-refractivity contribution in [2.75, 3.05) is 0 Å².